The van der Waals surface area contributed by atoms with E-state index in [2.05, 4.69) is 19.9 Å². The molecule has 0 aromatic carbocycles. The first-order chi connectivity index (χ1) is 5.81. The molecule has 0 rings (SSSR count). The maximum Gasteiger partial charge on any atom is 0.0720 e. The molecule has 0 aliphatic rings. The summed E-state index contributed by atoms with van der Waals surface area (Å²) in [6.45, 7) is 4.33. The zero-order valence-corrected chi connectivity index (χ0v) is 8.42. The summed E-state index contributed by atoms with van der Waals surface area (Å²) >= 11 is 0. The summed E-state index contributed by atoms with van der Waals surface area (Å²) in [7, 11) is 0. The van der Waals surface area contributed by atoms with Crippen molar-refractivity contribution in [2.75, 3.05) is 0 Å². The first-order valence-electron chi connectivity index (χ1n) is 5.16. The molecule has 0 aromatic heterocycles. The molecule has 0 amide bonds. The lowest BCUT2D eigenvalue weighted by Gasteiger charge is -2.03. The van der Waals surface area contributed by atoms with E-state index in [0.29, 0.717) is 0 Å². The quantitative estimate of drug-likeness (QED) is 0.459. The second-order valence-electron chi connectivity index (χ2n) is 3.28. The predicted molar refractivity (Wildman–Crippen MR) is 54.2 cm³/mol. The molecule has 0 aromatic rings. The van der Waals surface area contributed by atoms with E-state index in [1.807, 2.05) is 6.08 Å². The summed E-state index contributed by atoms with van der Waals surface area (Å²) in [5, 5.41) is 9.42. The summed E-state index contributed by atoms with van der Waals surface area (Å²) in [6, 6.07) is 0. The highest BCUT2D eigenvalue weighted by atomic mass is 16.3. The minimum absolute atomic E-state index is 0.205. The van der Waals surface area contributed by atoms with Crippen LogP contribution in [0.1, 0.15) is 52.4 Å². The van der Waals surface area contributed by atoms with Crippen LogP contribution in [-0.2, 0) is 0 Å². The van der Waals surface area contributed by atoms with Crippen molar-refractivity contribution in [2.24, 2.45) is 0 Å². The maximum atomic E-state index is 9.42. The average Bonchev–Trinajstić information content (AvgIpc) is 2.06. The van der Waals surface area contributed by atoms with E-state index >= 15 is 0 Å². The van der Waals surface area contributed by atoms with Crippen LogP contribution in [0.4, 0.5) is 0 Å². The Morgan fingerprint density at radius 1 is 1.17 bits per heavy atom. The van der Waals surface area contributed by atoms with Crippen LogP contribution in [0.3, 0.4) is 0 Å². The van der Waals surface area contributed by atoms with Crippen molar-refractivity contribution in [3.63, 3.8) is 0 Å². The highest BCUT2D eigenvalue weighted by Gasteiger charge is 1.96. The van der Waals surface area contributed by atoms with Gasteiger partial charge in [0.05, 0.1) is 6.10 Å². The molecule has 1 atom stereocenters. The van der Waals surface area contributed by atoms with Gasteiger partial charge >= 0.3 is 0 Å². The lowest BCUT2D eigenvalue weighted by molar-refractivity contribution is 0.208. The van der Waals surface area contributed by atoms with E-state index in [1.54, 1.807) is 0 Å². The van der Waals surface area contributed by atoms with Crippen LogP contribution in [0.2, 0.25) is 0 Å². The molecule has 1 N–H and O–H groups in total. The first kappa shape index (κ1) is 11.7. The van der Waals surface area contributed by atoms with Crippen molar-refractivity contribution in [3.8, 4) is 0 Å². The Morgan fingerprint density at radius 3 is 2.50 bits per heavy atom. The van der Waals surface area contributed by atoms with Gasteiger partial charge in [0.15, 0.2) is 0 Å². The summed E-state index contributed by atoms with van der Waals surface area (Å²) in [5.74, 6) is 0. The predicted octanol–water partition coefficient (Wildman–Crippen LogP) is 3.28. The fraction of sp³-hybridized carbons (Fsp3) is 0.818. The molecule has 12 heavy (non-hydrogen) atoms. The Hall–Kier alpha value is -0.300. The van der Waals surface area contributed by atoms with Crippen molar-refractivity contribution in [2.45, 2.75) is 58.5 Å². The summed E-state index contributed by atoms with van der Waals surface area (Å²) in [5.41, 5.74) is 0. The molecule has 0 saturated carbocycles. The topological polar surface area (TPSA) is 20.2 Å². The van der Waals surface area contributed by atoms with Crippen molar-refractivity contribution in [3.05, 3.63) is 12.2 Å². The third kappa shape index (κ3) is 7.80. The minimum Gasteiger partial charge on any atom is -0.389 e. The highest BCUT2D eigenvalue weighted by molar-refractivity contribution is 4.87. The Morgan fingerprint density at radius 2 is 1.92 bits per heavy atom. The molecular formula is C11H22O. The third-order valence-electron chi connectivity index (χ3n) is 1.92. The van der Waals surface area contributed by atoms with Crippen molar-refractivity contribution in [1.82, 2.24) is 0 Å². The van der Waals surface area contributed by atoms with Crippen molar-refractivity contribution < 1.29 is 5.11 Å². The van der Waals surface area contributed by atoms with Crippen LogP contribution >= 0.6 is 0 Å². The molecule has 0 radical (unpaired) electrons. The molecule has 72 valence electrons. The lowest BCUT2D eigenvalue weighted by atomic mass is 10.1. The zero-order valence-electron chi connectivity index (χ0n) is 8.42. The number of unbranched alkanes of at least 4 members (excludes halogenated alkanes) is 3. The number of hydrogen-bond donors (Lipinski definition) is 1. The minimum atomic E-state index is -0.205. The zero-order chi connectivity index (χ0) is 9.23. The molecule has 0 spiro atoms. The molecule has 0 heterocycles. The van der Waals surface area contributed by atoms with Crippen LogP contribution in [0, 0.1) is 0 Å². The maximum absolute atomic E-state index is 9.42. The SMILES string of the molecule is CCC/C=C/[C@@H](O)CCCCC. The molecule has 0 aliphatic heterocycles. The second kappa shape index (κ2) is 8.79. The van der Waals surface area contributed by atoms with Crippen molar-refractivity contribution in [1.29, 1.82) is 0 Å². The monoisotopic (exact) mass is 170 g/mol. The van der Waals surface area contributed by atoms with Crippen LogP contribution in [-0.4, -0.2) is 11.2 Å². The van der Waals surface area contributed by atoms with Gasteiger partial charge in [-0.05, 0) is 12.8 Å². The van der Waals surface area contributed by atoms with Crippen LogP contribution in [0.25, 0.3) is 0 Å². The standard InChI is InChI=1S/C11H22O/c1-3-5-7-9-11(12)10-8-6-4-2/h7,9,11-12H,3-6,8,10H2,1-2H3/b9-7+/t11-/m1/s1. The molecular weight excluding hydrogens is 148 g/mol. The van der Waals surface area contributed by atoms with Crippen LogP contribution in [0.5, 0.6) is 0 Å². The van der Waals surface area contributed by atoms with Crippen molar-refractivity contribution >= 4 is 0 Å². The molecule has 1 heteroatoms. The van der Waals surface area contributed by atoms with Gasteiger partial charge in [0.2, 0.25) is 0 Å². The first-order valence-corrected chi connectivity index (χ1v) is 5.16. The van der Waals surface area contributed by atoms with E-state index in [4.69, 9.17) is 0 Å². The van der Waals surface area contributed by atoms with Gasteiger partial charge in [-0.25, -0.2) is 0 Å². The van der Waals surface area contributed by atoms with Crippen LogP contribution < -0.4 is 0 Å². The fourth-order valence-electron chi connectivity index (χ4n) is 1.12. The fourth-order valence-corrected chi connectivity index (χ4v) is 1.12. The summed E-state index contributed by atoms with van der Waals surface area (Å²) in [6.07, 6.45) is 10.6. The number of hydrogen-bond acceptors (Lipinski definition) is 1. The van der Waals surface area contributed by atoms with Crippen LogP contribution in [0.15, 0.2) is 12.2 Å². The number of rotatable bonds is 7. The smallest absolute Gasteiger partial charge is 0.0720 e. The number of aliphatic hydroxyl groups is 1. The Bertz CT molecular complexity index is 108. The summed E-state index contributed by atoms with van der Waals surface area (Å²) < 4.78 is 0. The molecule has 0 unspecified atom stereocenters. The van der Waals surface area contributed by atoms with Gasteiger partial charge in [-0.1, -0.05) is 51.7 Å². The molecule has 1 nitrogen and oxygen atoms in total. The molecule has 0 aliphatic carbocycles. The Balaban J connectivity index is 3.26. The van der Waals surface area contributed by atoms with Gasteiger partial charge in [0.1, 0.15) is 0 Å². The molecule has 0 fully saturated rings. The van der Waals surface area contributed by atoms with E-state index in [-0.39, 0.29) is 6.10 Å². The van der Waals surface area contributed by atoms with Gasteiger partial charge in [0, 0.05) is 0 Å². The van der Waals surface area contributed by atoms with E-state index in [0.717, 1.165) is 25.7 Å². The average molecular weight is 170 g/mol. The van der Waals surface area contributed by atoms with Gasteiger partial charge in [-0.15, -0.1) is 0 Å². The van der Waals surface area contributed by atoms with Gasteiger partial charge in [-0.2, -0.15) is 0 Å². The highest BCUT2D eigenvalue weighted by Crippen LogP contribution is 2.04. The normalized spacial score (nSPS) is 13.9. The van der Waals surface area contributed by atoms with E-state index in [9.17, 15) is 5.11 Å². The molecule has 0 bridgehead atoms. The van der Waals surface area contributed by atoms with Gasteiger partial charge < -0.3 is 5.11 Å². The van der Waals surface area contributed by atoms with E-state index < -0.39 is 0 Å². The number of allylic oxidation sites excluding steroid dienone is 1. The molecule has 0 saturated heterocycles. The lowest BCUT2D eigenvalue weighted by Crippen LogP contribution is -2.00. The Kier molecular flexibility index (Phi) is 8.57. The second-order valence-corrected chi connectivity index (χ2v) is 3.28. The number of aliphatic hydroxyl groups excluding tert-OH is 1. The Labute approximate surface area is 76.5 Å². The van der Waals surface area contributed by atoms with Gasteiger partial charge in [-0.3, -0.25) is 0 Å². The van der Waals surface area contributed by atoms with E-state index in [1.165, 1.54) is 12.8 Å². The largest absolute Gasteiger partial charge is 0.389 e. The van der Waals surface area contributed by atoms with Gasteiger partial charge in [0.25, 0.3) is 0 Å². The summed E-state index contributed by atoms with van der Waals surface area (Å²) in [4.78, 5) is 0. The third-order valence-corrected chi connectivity index (χ3v) is 1.92.